The van der Waals surface area contributed by atoms with Gasteiger partial charge in [-0.1, -0.05) is 15.9 Å². The largest absolute Gasteiger partial charge is 0.475 e. The molecule has 0 saturated heterocycles. The third kappa shape index (κ3) is 3.38. The summed E-state index contributed by atoms with van der Waals surface area (Å²) in [6, 6.07) is 11.1. The molecule has 0 radical (unpaired) electrons. The van der Waals surface area contributed by atoms with Crippen molar-refractivity contribution in [1.29, 1.82) is 0 Å². The average molecular weight is 313 g/mol. The molecule has 0 aliphatic carbocycles. The minimum atomic E-state index is -1.04. The Morgan fingerprint density at radius 2 is 1.94 bits per heavy atom. The van der Waals surface area contributed by atoms with E-state index in [1.807, 2.05) is 24.3 Å². The van der Waals surface area contributed by atoms with Crippen molar-refractivity contribution in [2.75, 3.05) is 0 Å². The van der Waals surface area contributed by atoms with E-state index in [-0.39, 0.29) is 5.76 Å². The first-order chi connectivity index (χ1) is 8.15. The molecule has 5 heteroatoms. The number of benzene rings is 1. The monoisotopic (exact) mass is 312 g/mol. The summed E-state index contributed by atoms with van der Waals surface area (Å²) >= 11 is 4.97. The van der Waals surface area contributed by atoms with Gasteiger partial charge < -0.3 is 9.52 Å². The molecular formula is C12H9BrO3S. The number of thioether (sulfide) groups is 1. The summed E-state index contributed by atoms with van der Waals surface area (Å²) in [5, 5.41) is 8.71. The number of carbonyl (C=O) groups is 1. The summed E-state index contributed by atoms with van der Waals surface area (Å²) in [6.45, 7) is 0. The van der Waals surface area contributed by atoms with E-state index in [1.165, 1.54) is 6.07 Å². The molecular weight excluding hydrogens is 304 g/mol. The van der Waals surface area contributed by atoms with Crippen molar-refractivity contribution < 1.29 is 14.3 Å². The van der Waals surface area contributed by atoms with Gasteiger partial charge in [-0.3, -0.25) is 0 Å². The zero-order valence-corrected chi connectivity index (χ0v) is 11.1. The van der Waals surface area contributed by atoms with Crippen LogP contribution in [0.4, 0.5) is 0 Å². The summed E-state index contributed by atoms with van der Waals surface area (Å²) in [4.78, 5) is 11.7. The molecule has 0 atom stereocenters. The number of carboxylic acid groups (broad SMARTS) is 1. The van der Waals surface area contributed by atoms with Crippen molar-refractivity contribution in [3.05, 3.63) is 52.4 Å². The normalized spacial score (nSPS) is 10.4. The Morgan fingerprint density at radius 1 is 1.24 bits per heavy atom. The van der Waals surface area contributed by atoms with E-state index >= 15 is 0 Å². The van der Waals surface area contributed by atoms with Crippen LogP contribution in [0.25, 0.3) is 0 Å². The van der Waals surface area contributed by atoms with Crippen LogP contribution < -0.4 is 0 Å². The lowest BCUT2D eigenvalue weighted by Gasteiger charge is -1.99. The highest BCUT2D eigenvalue weighted by molar-refractivity contribution is 9.10. The van der Waals surface area contributed by atoms with Crippen LogP contribution in [0.3, 0.4) is 0 Å². The lowest BCUT2D eigenvalue weighted by Crippen LogP contribution is -1.91. The first kappa shape index (κ1) is 12.3. The Hall–Kier alpha value is -1.20. The minimum absolute atomic E-state index is 0.0172. The molecule has 0 aliphatic rings. The second kappa shape index (κ2) is 5.42. The third-order valence-corrected chi connectivity index (χ3v) is 3.63. The fourth-order valence-electron chi connectivity index (χ4n) is 1.26. The molecule has 2 rings (SSSR count). The fraction of sp³-hybridized carbons (Fsp3) is 0.0833. The van der Waals surface area contributed by atoms with Crippen LogP contribution in [0.1, 0.15) is 16.3 Å². The number of halogens is 1. The van der Waals surface area contributed by atoms with E-state index in [0.717, 1.165) is 9.37 Å². The molecule has 1 heterocycles. The summed E-state index contributed by atoms with van der Waals surface area (Å²) < 4.78 is 6.20. The van der Waals surface area contributed by atoms with Gasteiger partial charge in [0.15, 0.2) is 0 Å². The Morgan fingerprint density at radius 3 is 2.53 bits per heavy atom. The van der Waals surface area contributed by atoms with Gasteiger partial charge in [-0.2, -0.15) is 0 Å². The van der Waals surface area contributed by atoms with E-state index in [2.05, 4.69) is 15.9 Å². The number of furan rings is 1. The number of carboxylic acids is 1. The molecule has 0 bridgehead atoms. The van der Waals surface area contributed by atoms with Crippen LogP contribution in [-0.2, 0) is 5.75 Å². The smallest absolute Gasteiger partial charge is 0.371 e. The van der Waals surface area contributed by atoms with Crippen LogP contribution in [-0.4, -0.2) is 11.1 Å². The minimum Gasteiger partial charge on any atom is -0.475 e. The summed E-state index contributed by atoms with van der Waals surface area (Å²) in [5.41, 5.74) is 0. The van der Waals surface area contributed by atoms with Gasteiger partial charge in [-0.15, -0.1) is 11.8 Å². The predicted molar refractivity (Wildman–Crippen MR) is 69.4 cm³/mol. The highest BCUT2D eigenvalue weighted by Crippen LogP contribution is 2.25. The highest BCUT2D eigenvalue weighted by Gasteiger charge is 2.08. The molecule has 0 fully saturated rings. The van der Waals surface area contributed by atoms with Crippen LogP contribution >= 0.6 is 27.7 Å². The van der Waals surface area contributed by atoms with Gasteiger partial charge in [0, 0.05) is 9.37 Å². The lowest BCUT2D eigenvalue weighted by atomic mass is 10.4. The third-order valence-electron chi connectivity index (χ3n) is 2.07. The van der Waals surface area contributed by atoms with Crippen LogP contribution in [0.2, 0.25) is 0 Å². The summed E-state index contributed by atoms with van der Waals surface area (Å²) in [5.74, 6) is 0.228. The number of aromatic carboxylic acids is 1. The fourth-order valence-corrected chi connectivity index (χ4v) is 2.31. The molecule has 88 valence electrons. The van der Waals surface area contributed by atoms with Crippen molar-refractivity contribution in [2.45, 2.75) is 10.6 Å². The quantitative estimate of drug-likeness (QED) is 0.866. The van der Waals surface area contributed by atoms with Crippen LogP contribution in [0, 0.1) is 0 Å². The van der Waals surface area contributed by atoms with E-state index in [0.29, 0.717) is 11.5 Å². The van der Waals surface area contributed by atoms with Gasteiger partial charge >= 0.3 is 5.97 Å². The lowest BCUT2D eigenvalue weighted by molar-refractivity contribution is 0.0661. The number of hydrogen-bond acceptors (Lipinski definition) is 3. The van der Waals surface area contributed by atoms with E-state index in [1.54, 1.807) is 17.8 Å². The second-order valence-corrected chi connectivity index (χ2v) is 5.28. The molecule has 0 aliphatic heterocycles. The highest BCUT2D eigenvalue weighted by atomic mass is 79.9. The molecule has 2 aromatic rings. The first-order valence-corrected chi connectivity index (χ1v) is 6.63. The van der Waals surface area contributed by atoms with Gasteiger partial charge in [0.1, 0.15) is 5.76 Å². The van der Waals surface area contributed by atoms with Crippen molar-refractivity contribution in [3.63, 3.8) is 0 Å². The van der Waals surface area contributed by atoms with E-state index in [4.69, 9.17) is 9.52 Å². The molecule has 0 unspecified atom stereocenters. The number of hydrogen-bond donors (Lipinski definition) is 1. The van der Waals surface area contributed by atoms with Gasteiger partial charge in [-0.25, -0.2) is 4.79 Å². The molecule has 3 nitrogen and oxygen atoms in total. The molecule has 1 aromatic carbocycles. The van der Waals surface area contributed by atoms with Gasteiger partial charge in [0.2, 0.25) is 5.76 Å². The van der Waals surface area contributed by atoms with Crippen LogP contribution in [0.5, 0.6) is 0 Å². The van der Waals surface area contributed by atoms with Gasteiger partial charge in [0.25, 0.3) is 0 Å². The maximum absolute atomic E-state index is 10.6. The zero-order valence-electron chi connectivity index (χ0n) is 8.72. The zero-order chi connectivity index (χ0) is 12.3. The first-order valence-electron chi connectivity index (χ1n) is 4.85. The van der Waals surface area contributed by atoms with Gasteiger partial charge in [-0.05, 0) is 36.4 Å². The molecule has 1 aromatic heterocycles. The second-order valence-electron chi connectivity index (χ2n) is 3.31. The summed E-state index contributed by atoms with van der Waals surface area (Å²) in [7, 11) is 0. The Bertz CT molecular complexity index is 519. The summed E-state index contributed by atoms with van der Waals surface area (Å²) in [6.07, 6.45) is 0. The molecule has 17 heavy (non-hydrogen) atoms. The Kier molecular flexibility index (Phi) is 3.91. The Balaban J connectivity index is 1.97. The Labute approximate surface area is 111 Å². The molecule has 1 N–H and O–H groups in total. The topological polar surface area (TPSA) is 50.4 Å². The average Bonchev–Trinajstić information content (AvgIpc) is 2.77. The standard InChI is InChI=1S/C12H9BrO3S/c13-8-1-4-10(5-2-8)17-7-9-3-6-11(16-9)12(14)15/h1-6H,7H2,(H,14,15). The van der Waals surface area contributed by atoms with E-state index in [9.17, 15) is 4.79 Å². The molecule has 0 spiro atoms. The molecule has 0 saturated carbocycles. The van der Waals surface area contributed by atoms with Crippen molar-refractivity contribution in [2.24, 2.45) is 0 Å². The van der Waals surface area contributed by atoms with E-state index < -0.39 is 5.97 Å². The number of rotatable bonds is 4. The van der Waals surface area contributed by atoms with Crippen molar-refractivity contribution in [3.8, 4) is 0 Å². The van der Waals surface area contributed by atoms with Crippen LogP contribution in [0.15, 0.2) is 50.2 Å². The SMILES string of the molecule is O=C(O)c1ccc(CSc2ccc(Br)cc2)o1. The maximum atomic E-state index is 10.6. The predicted octanol–water partition coefficient (Wildman–Crippen LogP) is 4.03. The van der Waals surface area contributed by atoms with Crippen molar-refractivity contribution in [1.82, 2.24) is 0 Å². The maximum Gasteiger partial charge on any atom is 0.371 e. The molecule has 0 amide bonds. The van der Waals surface area contributed by atoms with Gasteiger partial charge in [0.05, 0.1) is 5.75 Å². The van der Waals surface area contributed by atoms with Crippen molar-refractivity contribution >= 4 is 33.7 Å².